The standard InChI is InChI=1S/C20H25N3O3/c1-14-5-8-16(9-6-14)12-21-20(25)22-17-10-7-15(2)11-18(17)26-13-19(24)23(3)4/h5-11H,12-13H2,1-4H3,(H2,21,22,25). The normalized spacial score (nSPS) is 10.2. The number of nitrogens with zero attached hydrogens (tertiary/aromatic N) is 1. The van der Waals surface area contributed by atoms with Gasteiger partial charge in [0.1, 0.15) is 5.75 Å². The van der Waals surface area contributed by atoms with Crippen LogP contribution in [0.3, 0.4) is 0 Å². The van der Waals surface area contributed by atoms with Crippen molar-refractivity contribution < 1.29 is 14.3 Å². The minimum absolute atomic E-state index is 0.0872. The minimum atomic E-state index is -0.335. The van der Waals surface area contributed by atoms with Crippen molar-refractivity contribution in [3.05, 3.63) is 59.2 Å². The molecule has 0 fully saturated rings. The predicted molar refractivity (Wildman–Crippen MR) is 102 cm³/mol. The molecule has 0 heterocycles. The maximum absolute atomic E-state index is 12.2. The summed E-state index contributed by atoms with van der Waals surface area (Å²) in [6.07, 6.45) is 0. The molecule has 0 aliphatic heterocycles. The third-order valence-corrected chi connectivity index (χ3v) is 3.81. The number of aryl methyl sites for hydroxylation is 2. The maximum atomic E-state index is 12.2. The van der Waals surface area contributed by atoms with E-state index < -0.39 is 0 Å². The fraction of sp³-hybridized carbons (Fsp3) is 0.300. The molecule has 0 bridgehead atoms. The number of likely N-dealkylation sites (N-methyl/N-ethyl adjacent to an activating group) is 1. The molecule has 26 heavy (non-hydrogen) atoms. The first-order chi connectivity index (χ1) is 12.3. The molecule has 0 spiro atoms. The first-order valence-corrected chi connectivity index (χ1v) is 8.39. The van der Waals surface area contributed by atoms with Crippen LogP contribution < -0.4 is 15.4 Å². The Balaban J connectivity index is 1.97. The number of hydrogen-bond donors (Lipinski definition) is 2. The summed E-state index contributed by atoms with van der Waals surface area (Å²) < 4.78 is 5.58. The van der Waals surface area contributed by atoms with Gasteiger partial charge in [-0.1, -0.05) is 35.9 Å². The number of ether oxygens (including phenoxy) is 1. The lowest BCUT2D eigenvalue weighted by molar-refractivity contribution is -0.130. The van der Waals surface area contributed by atoms with E-state index in [1.165, 1.54) is 10.5 Å². The molecule has 0 radical (unpaired) electrons. The van der Waals surface area contributed by atoms with Crippen LogP contribution in [0, 0.1) is 13.8 Å². The SMILES string of the molecule is Cc1ccc(CNC(=O)Nc2ccc(C)cc2OCC(=O)N(C)C)cc1. The zero-order chi connectivity index (χ0) is 19.1. The highest BCUT2D eigenvalue weighted by Gasteiger charge is 2.11. The first kappa shape index (κ1) is 19.3. The van der Waals surface area contributed by atoms with Crippen LogP contribution in [-0.2, 0) is 11.3 Å². The highest BCUT2D eigenvalue weighted by Crippen LogP contribution is 2.25. The summed E-state index contributed by atoms with van der Waals surface area (Å²) in [6, 6.07) is 13.0. The van der Waals surface area contributed by atoms with Gasteiger partial charge in [0.05, 0.1) is 5.69 Å². The van der Waals surface area contributed by atoms with E-state index >= 15 is 0 Å². The fourth-order valence-corrected chi connectivity index (χ4v) is 2.18. The molecule has 2 aromatic rings. The largest absolute Gasteiger partial charge is 0.482 e. The van der Waals surface area contributed by atoms with E-state index in [1.54, 1.807) is 26.2 Å². The molecular weight excluding hydrogens is 330 g/mol. The van der Waals surface area contributed by atoms with Gasteiger partial charge < -0.3 is 20.3 Å². The average molecular weight is 355 g/mol. The molecule has 6 nitrogen and oxygen atoms in total. The van der Waals surface area contributed by atoms with Crippen LogP contribution in [0.1, 0.15) is 16.7 Å². The Morgan fingerprint density at radius 3 is 2.31 bits per heavy atom. The molecule has 0 atom stereocenters. The van der Waals surface area contributed by atoms with Gasteiger partial charge in [0.2, 0.25) is 0 Å². The molecular formula is C20H25N3O3. The molecule has 0 unspecified atom stereocenters. The maximum Gasteiger partial charge on any atom is 0.319 e. The molecule has 3 amide bonds. The van der Waals surface area contributed by atoms with Crippen molar-refractivity contribution in [1.82, 2.24) is 10.2 Å². The second-order valence-electron chi connectivity index (χ2n) is 6.37. The molecule has 0 saturated carbocycles. The second-order valence-corrected chi connectivity index (χ2v) is 6.37. The number of amides is 3. The third kappa shape index (κ3) is 5.81. The monoisotopic (exact) mass is 355 g/mol. The van der Waals surface area contributed by atoms with Crippen LogP contribution in [-0.4, -0.2) is 37.5 Å². The lowest BCUT2D eigenvalue weighted by atomic mass is 10.1. The van der Waals surface area contributed by atoms with E-state index in [-0.39, 0.29) is 18.5 Å². The topological polar surface area (TPSA) is 70.7 Å². The number of anilines is 1. The smallest absolute Gasteiger partial charge is 0.319 e. The van der Waals surface area contributed by atoms with Crippen LogP contribution in [0.15, 0.2) is 42.5 Å². The fourth-order valence-electron chi connectivity index (χ4n) is 2.18. The van der Waals surface area contributed by atoms with Gasteiger partial charge in [0.15, 0.2) is 6.61 Å². The number of nitrogens with one attached hydrogen (secondary N) is 2. The molecule has 2 aromatic carbocycles. The van der Waals surface area contributed by atoms with Gasteiger partial charge >= 0.3 is 6.03 Å². The Bertz CT molecular complexity index is 770. The van der Waals surface area contributed by atoms with Crippen molar-refractivity contribution in [2.24, 2.45) is 0 Å². The van der Waals surface area contributed by atoms with Crippen molar-refractivity contribution in [1.29, 1.82) is 0 Å². The summed E-state index contributed by atoms with van der Waals surface area (Å²) in [4.78, 5) is 25.4. The molecule has 2 rings (SSSR count). The zero-order valence-corrected chi connectivity index (χ0v) is 15.6. The van der Waals surface area contributed by atoms with Crippen LogP contribution >= 0.6 is 0 Å². The molecule has 6 heteroatoms. The Kier molecular flexibility index (Phi) is 6.60. The zero-order valence-electron chi connectivity index (χ0n) is 15.6. The quantitative estimate of drug-likeness (QED) is 0.836. The van der Waals surface area contributed by atoms with Crippen LogP contribution in [0.5, 0.6) is 5.75 Å². The number of benzene rings is 2. The average Bonchev–Trinajstić information content (AvgIpc) is 2.61. The van der Waals surface area contributed by atoms with E-state index in [0.717, 1.165) is 11.1 Å². The lowest BCUT2D eigenvalue weighted by Crippen LogP contribution is -2.29. The molecule has 0 aliphatic carbocycles. The first-order valence-electron chi connectivity index (χ1n) is 8.39. The molecule has 0 aromatic heterocycles. The Morgan fingerprint density at radius 1 is 1.00 bits per heavy atom. The van der Waals surface area contributed by atoms with Crippen molar-refractivity contribution in [3.63, 3.8) is 0 Å². The highest BCUT2D eigenvalue weighted by molar-refractivity contribution is 5.91. The van der Waals surface area contributed by atoms with Crippen LogP contribution in [0.25, 0.3) is 0 Å². The van der Waals surface area contributed by atoms with E-state index in [0.29, 0.717) is 18.0 Å². The van der Waals surface area contributed by atoms with Gasteiger partial charge in [-0.15, -0.1) is 0 Å². The van der Waals surface area contributed by atoms with E-state index in [1.807, 2.05) is 44.2 Å². The van der Waals surface area contributed by atoms with E-state index in [2.05, 4.69) is 10.6 Å². The molecule has 138 valence electrons. The Hall–Kier alpha value is -3.02. The van der Waals surface area contributed by atoms with Crippen LogP contribution in [0.2, 0.25) is 0 Å². The van der Waals surface area contributed by atoms with Crippen molar-refractivity contribution in [2.45, 2.75) is 20.4 Å². The summed E-state index contributed by atoms with van der Waals surface area (Å²) in [5.74, 6) is 0.312. The summed E-state index contributed by atoms with van der Waals surface area (Å²) >= 11 is 0. The van der Waals surface area contributed by atoms with Gasteiger partial charge in [-0.05, 0) is 37.1 Å². The summed E-state index contributed by atoms with van der Waals surface area (Å²) in [5.41, 5.74) is 3.68. The van der Waals surface area contributed by atoms with Crippen molar-refractivity contribution in [2.75, 3.05) is 26.0 Å². The molecule has 2 N–H and O–H groups in total. The van der Waals surface area contributed by atoms with E-state index in [9.17, 15) is 9.59 Å². The summed E-state index contributed by atoms with van der Waals surface area (Å²) in [7, 11) is 3.33. The van der Waals surface area contributed by atoms with E-state index in [4.69, 9.17) is 4.74 Å². The summed E-state index contributed by atoms with van der Waals surface area (Å²) in [6.45, 7) is 4.27. The predicted octanol–water partition coefficient (Wildman–Crippen LogP) is 3.09. The molecule has 0 saturated heterocycles. The number of hydrogen-bond acceptors (Lipinski definition) is 3. The number of carbonyl (C=O) groups excluding carboxylic acids is 2. The van der Waals surface area contributed by atoms with Gasteiger partial charge in [0.25, 0.3) is 5.91 Å². The third-order valence-electron chi connectivity index (χ3n) is 3.81. The molecule has 0 aliphatic rings. The number of carbonyl (C=O) groups is 2. The number of rotatable bonds is 6. The van der Waals surface area contributed by atoms with Gasteiger partial charge in [-0.2, -0.15) is 0 Å². The lowest BCUT2D eigenvalue weighted by Gasteiger charge is -2.15. The number of urea groups is 1. The Morgan fingerprint density at radius 2 is 1.65 bits per heavy atom. The second kappa shape index (κ2) is 8.89. The van der Waals surface area contributed by atoms with Gasteiger partial charge in [-0.3, -0.25) is 4.79 Å². The minimum Gasteiger partial charge on any atom is -0.482 e. The highest BCUT2D eigenvalue weighted by atomic mass is 16.5. The van der Waals surface area contributed by atoms with Gasteiger partial charge in [0, 0.05) is 20.6 Å². The van der Waals surface area contributed by atoms with Gasteiger partial charge in [-0.25, -0.2) is 4.79 Å². The van der Waals surface area contributed by atoms with Crippen molar-refractivity contribution in [3.8, 4) is 5.75 Å². The van der Waals surface area contributed by atoms with Crippen molar-refractivity contribution >= 4 is 17.6 Å². The Labute approximate surface area is 154 Å². The summed E-state index contributed by atoms with van der Waals surface area (Å²) in [5, 5.41) is 5.58. The van der Waals surface area contributed by atoms with Crippen LogP contribution in [0.4, 0.5) is 10.5 Å².